The fourth-order valence-electron chi connectivity index (χ4n) is 4.95. The van der Waals surface area contributed by atoms with Crippen LogP contribution < -0.4 is 15.5 Å². The zero-order valence-corrected chi connectivity index (χ0v) is 20.6. The number of hydrogen-bond donors (Lipinski definition) is 2. The lowest BCUT2D eigenvalue weighted by molar-refractivity contribution is 0.635. The maximum atomic E-state index is 6.36. The van der Waals surface area contributed by atoms with E-state index in [0.29, 0.717) is 5.88 Å². The molecular formula is C31H28BN3O. The Kier molecular flexibility index (Phi) is 5.74. The van der Waals surface area contributed by atoms with E-state index in [9.17, 15) is 0 Å². The first-order valence-electron chi connectivity index (χ1n) is 12.4. The van der Waals surface area contributed by atoms with Crippen LogP contribution >= 0.6 is 0 Å². The third kappa shape index (κ3) is 4.03. The summed E-state index contributed by atoms with van der Waals surface area (Å²) in [4.78, 5) is 2.38. The molecule has 0 atom stereocenters. The number of nitrogens with zero attached hydrogens (tertiary/aromatic N) is 1. The Labute approximate surface area is 212 Å². The Morgan fingerprint density at radius 3 is 2.28 bits per heavy atom. The molecule has 0 saturated heterocycles. The largest absolute Gasteiger partial charge is 0.438 e. The van der Waals surface area contributed by atoms with Gasteiger partial charge in [-0.05, 0) is 73.4 Å². The predicted molar refractivity (Wildman–Crippen MR) is 154 cm³/mol. The Hall–Kier alpha value is -4.38. The van der Waals surface area contributed by atoms with E-state index in [1.165, 1.54) is 22.4 Å². The molecule has 2 N–H and O–H groups in total. The van der Waals surface area contributed by atoms with E-state index in [1.54, 1.807) is 0 Å². The van der Waals surface area contributed by atoms with Crippen LogP contribution in [0.4, 0.5) is 34.3 Å². The monoisotopic (exact) mass is 469 g/mol. The summed E-state index contributed by atoms with van der Waals surface area (Å²) in [6.45, 7) is 2.24. The quantitative estimate of drug-likeness (QED) is 0.257. The van der Waals surface area contributed by atoms with Crippen LogP contribution in [0.5, 0.6) is 0 Å². The van der Waals surface area contributed by atoms with Crippen LogP contribution in [0.1, 0.15) is 18.9 Å². The highest BCUT2D eigenvalue weighted by molar-refractivity contribution is 6.25. The highest BCUT2D eigenvalue weighted by Crippen LogP contribution is 2.44. The highest BCUT2D eigenvalue weighted by atomic mass is 16.4. The van der Waals surface area contributed by atoms with Gasteiger partial charge in [0, 0.05) is 16.8 Å². The second-order valence-corrected chi connectivity index (χ2v) is 9.27. The molecule has 0 amide bonds. The minimum atomic E-state index is 0.689. The summed E-state index contributed by atoms with van der Waals surface area (Å²) in [5.74, 6) is 0.689. The van der Waals surface area contributed by atoms with Crippen LogP contribution in [0.3, 0.4) is 0 Å². The zero-order valence-electron chi connectivity index (χ0n) is 20.6. The maximum Gasteiger partial charge on any atom is 0.222 e. The van der Waals surface area contributed by atoms with Crippen molar-refractivity contribution in [3.05, 3.63) is 120 Å². The normalized spacial score (nSPS) is 13.4. The number of hydrogen-bond acceptors (Lipinski definition) is 4. The lowest BCUT2D eigenvalue weighted by atomic mass is 9.95. The minimum absolute atomic E-state index is 0.689. The third-order valence-electron chi connectivity index (χ3n) is 6.99. The number of nitrogens with one attached hydrogen (secondary N) is 2. The van der Waals surface area contributed by atoms with E-state index < -0.39 is 0 Å². The fourth-order valence-corrected chi connectivity index (χ4v) is 4.95. The molecule has 5 heteroatoms. The van der Waals surface area contributed by atoms with Crippen LogP contribution in [0.2, 0.25) is 0 Å². The van der Waals surface area contributed by atoms with Crippen molar-refractivity contribution in [1.82, 2.24) is 0 Å². The van der Waals surface area contributed by atoms with E-state index in [0.717, 1.165) is 46.6 Å². The van der Waals surface area contributed by atoms with Gasteiger partial charge in [0.05, 0.1) is 11.4 Å². The number of anilines is 6. The predicted octanol–water partition coefficient (Wildman–Crippen LogP) is 7.87. The first-order valence-corrected chi connectivity index (χ1v) is 12.4. The van der Waals surface area contributed by atoms with Crippen molar-refractivity contribution in [2.75, 3.05) is 15.5 Å². The molecule has 0 bridgehead atoms. The van der Waals surface area contributed by atoms with Gasteiger partial charge in [-0.15, -0.1) is 0 Å². The number of allylic oxidation sites excluding steroid dienone is 1. The summed E-state index contributed by atoms with van der Waals surface area (Å²) in [5, 5.41) is 8.25. The van der Waals surface area contributed by atoms with Crippen molar-refractivity contribution >= 4 is 53.1 Å². The van der Waals surface area contributed by atoms with Crippen LogP contribution in [0.15, 0.2) is 119 Å². The summed E-state index contributed by atoms with van der Waals surface area (Å²) >= 11 is 0. The standard InChI is InChI=1S/C31H28BN3O/c1-21-19-20-22-11-5-8-16-26(22)35(30(21)32)27-17-9-7-15-25(27)34-31-29(33-23-12-3-2-4-13-23)24-14-6-10-18-28(24)36-31/h2-18,33-34H,19-20,32H2,1H3. The first kappa shape index (κ1) is 22.1. The lowest BCUT2D eigenvalue weighted by Crippen LogP contribution is -2.19. The molecule has 2 heterocycles. The topological polar surface area (TPSA) is 40.4 Å². The van der Waals surface area contributed by atoms with E-state index in [4.69, 9.17) is 4.42 Å². The molecule has 5 aromatic rings. The number of rotatable bonds is 5. The van der Waals surface area contributed by atoms with Crippen LogP contribution in [0, 0.1) is 0 Å². The van der Waals surface area contributed by atoms with Gasteiger partial charge >= 0.3 is 0 Å². The van der Waals surface area contributed by atoms with Gasteiger partial charge in [0.1, 0.15) is 11.3 Å². The van der Waals surface area contributed by atoms with Crippen molar-refractivity contribution in [2.24, 2.45) is 0 Å². The van der Waals surface area contributed by atoms with Crippen LogP contribution in [-0.2, 0) is 6.42 Å². The molecule has 0 spiro atoms. The SMILES string of the molecule is BC1=C(C)CCc2ccccc2N1c1ccccc1Nc1oc2ccccc2c1Nc1ccccc1. The Morgan fingerprint density at radius 2 is 1.42 bits per heavy atom. The number of fused-ring (bicyclic) bond motifs is 2. The Morgan fingerprint density at radius 1 is 0.722 bits per heavy atom. The molecule has 6 rings (SSSR count). The second-order valence-electron chi connectivity index (χ2n) is 9.27. The third-order valence-corrected chi connectivity index (χ3v) is 6.99. The fraction of sp³-hybridized carbons (Fsp3) is 0.0968. The summed E-state index contributed by atoms with van der Waals surface area (Å²) in [5.41, 5.74) is 10.1. The molecule has 0 radical (unpaired) electrons. The van der Waals surface area contributed by atoms with Crippen molar-refractivity contribution < 1.29 is 4.42 Å². The van der Waals surface area contributed by atoms with Gasteiger partial charge in [0.25, 0.3) is 0 Å². The van der Waals surface area contributed by atoms with Crippen molar-refractivity contribution in [3.63, 3.8) is 0 Å². The summed E-state index contributed by atoms with van der Waals surface area (Å²) < 4.78 is 6.36. The second kappa shape index (κ2) is 9.35. The van der Waals surface area contributed by atoms with Gasteiger partial charge in [-0.3, -0.25) is 0 Å². The number of para-hydroxylation sites is 5. The molecule has 0 saturated carbocycles. The Bertz CT molecular complexity index is 1570. The van der Waals surface area contributed by atoms with Gasteiger partial charge in [-0.1, -0.05) is 66.2 Å². The van der Waals surface area contributed by atoms with Gasteiger partial charge in [-0.2, -0.15) is 0 Å². The molecule has 0 aliphatic carbocycles. The smallest absolute Gasteiger partial charge is 0.222 e. The molecule has 4 aromatic carbocycles. The van der Waals surface area contributed by atoms with E-state index >= 15 is 0 Å². The molecular weight excluding hydrogens is 441 g/mol. The molecule has 176 valence electrons. The minimum Gasteiger partial charge on any atom is -0.438 e. The highest BCUT2D eigenvalue weighted by Gasteiger charge is 2.23. The summed E-state index contributed by atoms with van der Waals surface area (Å²) in [6, 6.07) is 35.5. The number of furan rings is 1. The van der Waals surface area contributed by atoms with Gasteiger partial charge < -0.3 is 20.0 Å². The average Bonchev–Trinajstić information content (AvgIpc) is 3.19. The van der Waals surface area contributed by atoms with E-state index in [-0.39, 0.29) is 0 Å². The molecule has 36 heavy (non-hydrogen) atoms. The molecule has 0 unspecified atom stereocenters. The zero-order chi connectivity index (χ0) is 24.5. The summed E-state index contributed by atoms with van der Waals surface area (Å²) in [6.07, 6.45) is 2.10. The van der Waals surface area contributed by atoms with Gasteiger partial charge in [-0.25, -0.2) is 0 Å². The van der Waals surface area contributed by atoms with Crippen molar-refractivity contribution in [3.8, 4) is 0 Å². The average molecular weight is 469 g/mol. The summed E-state index contributed by atoms with van der Waals surface area (Å²) in [7, 11) is 2.22. The molecule has 1 aliphatic rings. The first-order chi connectivity index (χ1) is 17.7. The molecule has 4 nitrogen and oxygen atoms in total. The van der Waals surface area contributed by atoms with E-state index in [1.807, 2.05) is 36.4 Å². The lowest BCUT2D eigenvalue weighted by Gasteiger charge is -2.30. The number of aryl methyl sites for hydroxylation is 1. The van der Waals surface area contributed by atoms with Crippen LogP contribution in [-0.4, -0.2) is 7.85 Å². The maximum absolute atomic E-state index is 6.36. The number of benzene rings is 4. The molecule has 0 fully saturated rings. The van der Waals surface area contributed by atoms with Crippen molar-refractivity contribution in [1.29, 1.82) is 0 Å². The molecule has 1 aromatic heterocycles. The van der Waals surface area contributed by atoms with Crippen molar-refractivity contribution in [2.45, 2.75) is 19.8 Å². The van der Waals surface area contributed by atoms with Crippen LogP contribution in [0.25, 0.3) is 11.0 Å². The van der Waals surface area contributed by atoms with Gasteiger partial charge in [0.15, 0.2) is 7.85 Å². The van der Waals surface area contributed by atoms with E-state index in [2.05, 4.69) is 97.0 Å². The Balaban J connectivity index is 1.47. The van der Waals surface area contributed by atoms with Gasteiger partial charge in [0.2, 0.25) is 5.88 Å². The molecule has 1 aliphatic heterocycles.